The van der Waals surface area contributed by atoms with Crippen molar-refractivity contribution in [3.8, 4) is 11.8 Å². The van der Waals surface area contributed by atoms with Crippen molar-refractivity contribution in [2.45, 2.75) is 0 Å². The van der Waals surface area contributed by atoms with Gasteiger partial charge in [-0.2, -0.15) is 5.26 Å². The van der Waals surface area contributed by atoms with Gasteiger partial charge in [0.25, 0.3) is 11.8 Å². The van der Waals surface area contributed by atoms with Gasteiger partial charge in [-0.15, -0.1) is 0 Å². The quantitative estimate of drug-likeness (QED) is 0.677. The van der Waals surface area contributed by atoms with Crippen LogP contribution in [-0.2, 0) is 0 Å². The third-order valence-electron chi connectivity index (χ3n) is 2.97. The molecule has 2 amide bonds. The monoisotopic (exact) mass is 238 g/mol. The number of rotatable bonds is 0. The van der Waals surface area contributed by atoms with Gasteiger partial charge in [0, 0.05) is 16.3 Å². The Labute approximate surface area is 101 Å². The summed E-state index contributed by atoms with van der Waals surface area (Å²) in [6, 6.07) is 7.88. The summed E-state index contributed by atoms with van der Waals surface area (Å²) in [7, 11) is 0. The smallest absolute Gasteiger partial charge is 0.258 e. The first-order valence-corrected chi connectivity index (χ1v) is 5.18. The summed E-state index contributed by atoms with van der Waals surface area (Å²) in [4.78, 5) is 23.4. The number of phenols is 1. The second-order valence-corrected chi connectivity index (χ2v) is 3.94. The van der Waals surface area contributed by atoms with Gasteiger partial charge in [-0.25, -0.2) is 0 Å². The van der Waals surface area contributed by atoms with Crippen molar-refractivity contribution in [3.63, 3.8) is 0 Å². The Balaban J connectivity index is 2.60. The van der Waals surface area contributed by atoms with E-state index in [1.54, 1.807) is 18.2 Å². The molecule has 1 aliphatic heterocycles. The van der Waals surface area contributed by atoms with E-state index in [4.69, 9.17) is 5.26 Å². The Kier molecular flexibility index (Phi) is 1.89. The topological polar surface area (TPSA) is 90.2 Å². The van der Waals surface area contributed by atoms with E-state index in [1.165, 1.54) is 6.07 Å². The molecule has 0 spiro atoms. The van der Waals surface area contributed by atoms with E-state index in [0.29, 0.717) is 16.3 Å². The minimum atomic E-state index is -0.566. The maximum atomic E-state index is 11.7. The van der Waals surface area contributed by atoms with Crippen LogP contribution in [0.3, 0.4) is 0 Å². The highest BCUT2D eigenvalue weighted by molar-refractivity contribution is 6.26. The Morgan fingerprint density at radius 3 is 2.61 bits per heavy atom. The first kappa shape index (κ1) is 10.3. The fraction of sp³-hybridized carbons (Fsp3) is 0. The Morgan fingerprint density at radius 1 is 1.17 bits per heavy atom. The van der Waals surface area contributed by atoms with Gasteiger partial charge in [-0.3, -0.25) is 14.9 Å². The molecule has 5 nitrogen and oxygen atoms in total. The molecule has 2 aromatic rings. The molecule has 0 aromatic heterocycles. The average molecular weight is 238 g/mol. The molecule has 0 radical (unpaired) electrons. The number of hydrogen-bond donors (Lipinski definition) is 2. The molecule has 0 fully saturated rings. The number of aromatic hydroxyl groups is 1. The van der Waals surface area contributed by atoms with Gasteiger partial charge in [-0.1, -0.05) is 12.1 Å². The van der Waals surface area contributed by atoms with Crippen molar-refractivity contribution in [3.05, 3.63) is 41.0 Å². The Hall–Kier alpha value is -2.87. The van der Waals surface area contributed by atoms with Gasteiger partial charge >= 0.3 is 0 Å². The van der Waals surface area contributed by atoms with E-state index in [0.717, 1.165) is 0 Å². The first-order valence-electron chi connectivity index (χ1n) is 5.18. The Morgan fingerprint density at radius 2 is 1.89 bits per heavy atom. The van der Waals surface area contributed by atoms with Crippen LogP contribution in [0.15, 0.2) is 24.3 Å². The van der Waals surface area contributed by atoms with Crippen LogP contribution in [0.4, 0.5) is 0 Å². The molecule has 1 aliphatic rings. The maximum Gasteiger partial charge on any atom is 0.258 e. The molecule has 0 unspecified atom stereocenters. The van der Waals surface area contributed by atoms with E-state index in [-0.39, 0.29) is 16.9 Å². The number of imide groups is 1. The zero-order chi connectivity index (χ0) is 12.9. The van der Waals surface area contributed by atoms with Crippen LogP contribution in [0, 0.1) is 11.3 Å². The molecule has 2 aromatic carbocycles. The van der Waals surface area contributed by atoms with Crippen molar-refractivity contribution in [1.82, 2.24) is 5.32 Å². The van der Waals surface area contributed by atoms with Gasteiger partial charge in [-0.05, 0) is 12.1 Å². The normalized spacial score (nSPS) is 13.3. The van der Waals surface area contributed by atoms with Gasteiger partial charge in [0.15, 0.2) is 0 Å². The zero-order valence-electron chi connectivity index (χ0n) is 9.02. The number of carbonyl (C=O) groups excluding carboxylic acids is 2. The van der Waals surface area contributed by atoms with Crippen LogP contribution in [0.1, 0.15) is 26.3 Å². The molecule has 0 bridgehead atoms. The molecule has 2 N–H and O–H groups in total. The second kappa shape index (κ2) is 3.31. The first-order chi connectivity index (χ1) is 8.63. The Bertz CT molecular complexity index is 772. The molecule has 86 valence electrons. The highest BCUT2D eigenvalue weighted by Crippen LogP contribution is 2.33. The number of benzene rings is 2. The highest BCUT2D eigenvalue weighted by atomic mass is 16.3. The van der Waals surface area contributed by atoms with Crippen molar-refractivity contribution < 1.29 is 14.7 Å². The fourth-order valence-electron chi connectivity index (χ4n) is 2.19. The lowest BCUT2D eigenvalue weighted by atomic mass is 9.92. The highest BCUT2D eigenvalue weighted by Gasteiger charge is 2.27. The van der Waals surface area contributed by atoms with E-state index < -0.39 is 11.8 Å². The van der Waals surface area contributed by atoms with Crippen LogP contribution in [0.2, 0.25) is 0 Å². The summed E-state index contributed by atoms with van der Waals surface area (Å²) < 4.78 is 0. The lowest BCUT2D eigenvalue weighted by Gasteiger charge is -2.17. The third kappa shape index (κ3) is 1.14. The largest absolute Gasteiger partial charge is 0.507 e. The molecular weight excluding hydrogens is 232 g/mol. The summed E-state index contributed by atoms with van der Waals surface area (Å²) in [5.41, 5.74) is 0.605. The van der Waals surface area contributed by atoms with Crippen molar-refractivity contribution >= 4 is 22.6 Å². The van der Waals surface area contributed by atoms with Crippen LogP contribution >= 0.6 is 0 Å². The fourth-order valence-corrected chi connectivity index (χ4v) is 2.19. The number of nitrogens with zero attached hydrogens (tertiary/aromatic N) is 1. The standard InChI is InChI=1S/C13H6N2O3/c14-5-9-6-2-1-3-7-11(6)8(4-10(9)16)13(18)15-12(7)17/h1-4,16H,(H,15,17,18). The second-order valence-electron chi connectivity index (χ2n) is 3.94. The molecule has 0 atom stereocenters. The van der Waals surface area contributed by atoms with Gasteiger partial charge < -0.3 is 5.11 Å². The lowest BCUT2D eigenvalue weighted by molar-refractivity contribution is 0.0844. The zero-order valence-corrected chi connectivity index (χ0v) is 9.02. The molecule has 0 aliphatic carbocycles. The van der Waals surface area contributed by atoms with E-state index >= 15 is 0 Å². The van der Waals surface area contributed by atoms with Crippen molar-refractivity contribution in [2.75, 3.05) is 0 Å². The molecule has 5 heteroatoms. The lowest BCUT2D eigenvalue weighted by Crippen LogP contribution is -2.34. The van der Waals surface area contributed by atoms with Gasteiger partial charge in [0.2, 0.25) is 0 Å². The van der Waals surface area contributed by atoms with E-state index in [2.05, 4.69) is 5.32 Å². The van der Waals surface area contributed by atoms with Gasteiger partial charge in [0.05, 0.1) is 5.56 Å². The van der Waals surface area contributed by atoms with Gasteiger partial charge in [0.1, 0.15) is 17.4 Å². The van der Waals surface area contributed by atoms with Crippen LogP contribution in [0.25, 0.3) is 10.8 Å². The number of amides is 2. The summed E-state index contributed by atoms with van der Waals surface area (Å²) in [6.45, 7) is 0. The summed E-state index contributed by atoms with van der Waals surface area (Å²) in [6.07, 6.45) is 0. The molecular formula is C13H6N2O3. The number of nitriles is 1. The molecule has 1 heterocycles. The maximum absolute atomic E-state index is 11.7. The SMILES string of the molecule is N#Cc1c(O)cc2c3c(cccc13)C(=O)NC2=O. The van der Waals surface area contributed by atoms with Crippen molar-refractivity contribution in [1.29, 1.82) is 5.26 Å². The molecule has 18 heavy (non-hydrogen) atoms. The van der Waals surface area contributed by atoms with E-state index in [1.807, 2.05) is 6.07 Å². The summed E-state index contributed by atoms with van der Waals surface area (Å²) >= 11 is 0. The predicted octanol–water partition coefficient (Wildman–Crippen LogP) is 1.30. The number of phenolic OH excluding ortho intramolecular Hbond substituents is 1. The number of hydrogen-bond acceptors (Lipinski definition) is 4. The van der Waals surface area contributed by atoms with Crippen molar-refractivity contribution in [2.24, 2.45) is 0 Å². The molecule has 3 rings (SSSR count). The predicted molar refractivity (Wildman–Crippen MR) is 62.1 cm³/mol. The minimum absolute atomic E-state index is 0.0677. The minimum Gasteiger partial charge on any atom is -0.507 e. The molecule has 0 saturated carbocycles. The van der Waals surface area contributed by atoms with Crippen LogP contribution in [0.5, 0.6) is 5.75 Å². The summed E-state index contributed by atoms with van der Waals surface area (Å²) in [5, 5.41) is 21.8. The third-order valence-corrected chi connectivity index (χ3v) is 2.97. The number of nitrogens with one attached hydrogen (secondary N) is 1. The van der Waals surface area contributed by atoms with Crippen LogP contribution in [-0.4, -0.2) is 16.9 Å². The summed E-state index contributed by atoms with van der Waals surface area (Å²) in [5.74, 6) is -1.32. The average Bonchev–Trinajstić information content (AvgIpc) is 2.35. The van der Waals surface area contributed by atoms with Crippen LogP contribution < -0.4 is 5.32 Å². The number of carbonyl (C=O) groups is 2. The van der Waals surface area contributed by atoms with E-state index in [9.17, 15) is 14.7 Å². The molecule has 0 saturated heterocycles.